The van der Waals surface area contributed by atoms with Gasteiger partial charge >= 0.3 is 0 Å². The van der Waals surface area contributed by atoms with Crippen molar-refractivity contribution in [1.82, 2.24) is 4.90 Å². The van der Waals surface area contributed by atoms with Gasteiger partial charge in [0.05, 0.1) is 6.10 Å². The number of allylic oxidation sites excluding steroid dienone is 2. The Morgan fingerprint density at radius 3 is 2.50 bits per heavy atom. The summed E-state index contributed by atoms with van der Waals surface area (Å²) < 4.78 is 0. The molecular weight excluding hydrogens is 242 g/mol. The minimum atomic E-state index is -0.367. The predicted molar refractivity (Wildman–Crippen MR) is 80.1 cm³/mol. The Labute approximate surface area is 112 Å². The van der Waals surface area contributed by atoms with Gasteiger partial charge in [-0.25, -0.2) is 0 Å². The number of benzene rings is 1. The normalized spacial score (nSPS) is 17.7. The minimum Gasteiger partial charge on any atom is -0.388 e. The van der Waals surface area contributed by atoms with E-state index in [0.29, 0.717) is 0 Å². The summed E-state index contributed by atoms with van der Waals surface area (Å²) in [6.45, 7) is 0.902. The average Bonchev–Trinajstić information content (AvgIpc) is 2.89. The molecule has 1 heterocycles. The Hall–Kier alpha value is -1.03. The summed E-state index contributed by atoms with van der Waals surface area (Å²) in [5.74, 6) is 0. The zero-order chi connectivity index (χ0) is 13.0. The van der Waals surface area contributed by atoms with Crippen LogP contribution in [0.2, 0.25) is 0 Å². The van der Waals surface area contributed by atoms with Crippen molar-refractivity contribution in [2.24, 2.45) is 0 Å². The maximum atomic E-state index is 10.3. The van der Waals surface area contributed by atoms with E-state index in [9.17, 15) is 5.11 Å². The van der Waals surface area contributed by atoms with Crippen LogP contribution in [0.15, 0.2) is 52.1 Å². The van der Waals surface area contributed by atoms with Gasteiger partial charge < -0.3 is 10.0 Å². The summed E-state index contributed by atoms with van der Waals surface area (Å²) in [5.41, 5.74) is 1.08. The second kappa shape index (κ2) is 6.23. The zero-order valence-electron chi connectivity index (χ0n) is 11.0. The molecule has 1 aromatic rings. The molecule has 0 bridgehead atoms. The number of hydrogen-bond acceptors (Lipinski definition) is 2. The van der Waals surface area contributed by atoms with E-state index in [2.05, 4.69) is 46.1 Å². The molecule has 98 valence electrons. The van der Waals surface area contributed by atoms with Crippen molar-refractivity contribution in [3.05, 3.63) is 52.8 Å². The molecule has 0 fully saturated rings. The Kier molecular flexibility index (Phi) is 4.64. The van der Waals surface area contributed by atoms with Crippen LogP contribution in [0.3, 0.4) is 0 Å². The van der Waals surface area contributed by atoms with Gasteiger partial charge in [0.2, 0.25) is 0 Å². The summed E-state index contributed by atoms with van der Waals surface area (Å²) in [7, 11) is 3.71. The van der Waals surface area contributed by atoms with Gasteiger partial charge in [-0.15, -0.1) is 0 Å². The fourth-order valence-corrected chi connectivity index (χ4v) is 3.81. The topological polar surface area (TPSA) is 23.5 Å². The molecular formula is C15H21NOS. The molecule has 3 heteroatoms. The third kappa shape index (κ3) is 3.25. The van der Waals surface area contributed by atoms with Crippen molar-refractivity contribution in [3.63, 3.8) is 0 Å². The quantitative estimate of drug-likeness (QED) is 0.798. The van der Waals surface area contributed by atoms with Crippen molar-refractivity contribution >= 4 is 10.9 Å². The van der Waals surface area contributed by atoms with E-state index < -0.39 is 0 Å². The predicted octanol–water partition coefficient (Wildman–Crippen LogP) is 3.07. The van der Waals surface area contributed by atoms with Gasteiger partial charge in [0.25, 0.3) is 0 Å². The second-order valence-electron chi connectivity index (χ2n) is 4.76. The van der Waals surface area contributed by atoms with Crippen LogP contribution in [0, 0.1) is 0 Å². The Morgan fingerprint density at radius 2 is 1.83 bits per heavy atom. The molecule has 2 rings (SSSR count). The van der Waals surface area contributed by atoms with Crippen LogP contribution < -0.4 is 0 Å². The second-order valence-corrected chi connectivity index (χ2v) is 6.65. The number of hydrogen-bond donors (Lipinski definition) is 2. The molecule has 1 aromatic carbocycles. The first-order valence-corrected chi connectivity index (χ1v) is 7.71. The van der Waals surface area contributed by atoms with Gasteiger partial charge in [-0.3, -0.25) is 0 Å². The maximum absolute atomic E-state index is 10.3. The number of thiol groups is 1. The Bertz CT molecular complexity index is 442. The molecule has 0 aromatic heterocycles. The summed E-state index contributed by atoms with van der Waals surface area (Å²) in [5, 5.41) is 14.8. The van der Waals surface area contributed by atoms with Crippen LogP contribution in [0.25, 0.3) is 0 Å². The first-order chi connectivity index (χ1) is 8.68. The maximum Gasteiger partial charge on any atom is 0.0812 e. The molecule has 1 aliphatic rings. The highest BCUT2D eigenvalue weighted by molar-refractivity contribution is 8.22. The van der Waals surface area contributed by atoms with E-state index >= 15 is 0 Å². The van der Waals surface area contributed by atoms with Gasteiger partial charge in [0.15, 0.2) is 0 Å². The minimum absolute atomic E-state index is 0.354. The van der Waals surface area contributed by atoms with Gasteiger partial charge in [0, 0.05) is 11.4 Å². The van der Waals surface area contributed by atoms with Crippen LogP contribution in [0.4, 0.5) is 0 Å². The number of rotatable bonds is 5. The Balaban J connectivity index is 2.16. The van der Waals surface area contributed by atoms with Gasteiger partial charge in [0.1, 0.15) is 0 Å². The third-order valence-electron chi connectivity index (χ3n) is 3.03. The van der Waals surface area contributed by atoms with Crippen LogP contribution >= 0.6 is 10.9 Å². The number of nitrogens with zero attached hydrogens (tertiary/aromatic N) is 1. The highest BCUT2D eigenvalue weighted by Crippen LogP contribution is 2.45. The summed E-state index contributed by atoms with van der Waals surface area (Å²) in [6.07, 6.45) is 4.60. The molecule has 0 amide bonds. The molecule has 0 spiro atoms. The summed E-state index contributed by atoms with van der Waals surface area (Å²) in [4.78, 5) is 3.38. The monoisotopic (exact) mass is 263 g/mol. The fourth-order valence-electron chi connectivity index (χ4n) is 2.04. The van der Waals surface area contributed by atoms with Crippen LogP contribution in [-0.4, -0.2) is 30.6 Å². The van der Waals surface area contributed by atoms with Crippen molar-refractivity contribution in [1.29, 1.82) is 0 Å². The molecule has 18 heavy (non-hydrogen) atoms. The lowest BCUT2D eigenvalue weighted by Crippen LogP contribution is -2.16. The van der Waals surface area contributed by atoms with Crippen LogP contribution in [0.5, 0.6) is 0 Å². The van der Waals surface area contributed by atoms with Gasteiger partial charge in [-0.05, 0) is 43.0 Å². The van der Waals surface area contributed by atoms with Crippen molar-refractivity contribution < 1.29 is 5.11 Å². The third-order valence-corrected chi connectivity index (χ3v) is 4.98. The molecule has 1 unspecified atom stereocenters. The van der Waals surface area contributed by atoms with Crippen molar-refractivity contribution in [2.75, 3.05) is 20.6 Å². The van der Waals surface area contributed by atoms with E-state index in [1.165, 1.54) is 4.90 Å². The fraction of sp³-hybridized carbons (Fsp3) is 0.333. The standard InChI is InChI=1S/C15H21NOS/c1-16(2)10-9-14(17)13-7-3-4-8-15(13)18-11-5-6-12-18/h3-8,11-12,14,17-18H,9-10H2,1-2H3. The van der Waals surface area contributed by atoms with Crippen molar-refractivity contribution in [2.45, 2.75) is 17.4 Å². The van der Waals surface area contributed by atoms with E-state index in [1.807, 2.05) is 20.2 Å². The molecule has 1 aliphatic heterocycles. The van der Waals surface area contributed by atoms with Crippen LogP contribution in [-0.2, 0) is 0 Å². The van der Waals surface area contributed by atoms with E-state index in [1.54, 1.807) is 0 Å². The first kappa shape index (κ1) is 13.4. The Morgan fingerprint density at radius 1 is 1.17 bits per heavy atom. The molecule has 0 radical (unpaired) electrons. The lowest BCUT2D eigenvalue weighted by Gasteiger charge is -2.21. The lowest BCUT2D eigenvalue weighted by molar-refractivity contribution is 0.151. The molecule has 2 nitrogen and oxygen atoms in total. The molecule has 0 aliphatic carbocycles. The first-order valence-electron chi connectivity index (χ1n) is 6.23. The highest BCUT2D eigenvalue weighted by atomic mass is 32.2. The average molecular weight is 263 g/mol. The molecule has 0 saturated carbocycles. The largest absolute Gasteiger partial charge is 0.388 e. The van der Waals surface area contributed by atoms with Gasteiger partial charge in [-0.1, -0.05) is 30.4 Å². The smallest absolute Gasteiger partial charge is 0.0812 e. The molecule has 1 N–H and O–H groups in total. The van der Waals surface area contributed by atoms with E-state index in [0.717, 1.165) is 18.5 Å². The highest BCUT2D eigenvalue weighted by Gasteiger charge is 2.15. The zero-order valence-corrected chi connectivity index (χ0v) is 11.8. The van der Waals surface area contributed by atoms with E-state index in [4.69, 9.17) is 0 Å². The SMILES string of the molecule is CN(C)CCC(O)c1ccccc1[SH]1C=CC=C1. The molecule has 0 saturated heterocycles. The molecule has 1 atom stereocenters. The van der Waals surface area contributed by atoms with Crippen LogP contribution in [0.1, 0.15) is 18.1 Å². The number of aliphatic hydroxyl groups is 1. The lowest BCUT2D eigenvalue weighted by atomic mass is 10.1. The number of aliphatic hydroxyl groups excluding tert-OH is 1. The van der Waals surface area contributed by atoms with Crippen molar-refractivity contribution in [3.8, 4) is 0 Å². The van der Waals surface area contributed by atoms with E-state index in [-0.39, 0.29) is 17.0 Å². The summed E-state index contributed by atoms with van der Waals surface area (Å²) >= 11 is 0. The summed E-state index contributed by atoms with van der Waals surface area (Å²) in [6, 6.07) is 8.26. The van der Waals surface area contributed by atoms with Gasteiger partial charge in [-0.2, -0.15) is 10.9 Å².